The van der Waals surface area contributed by atoms with E-state index in [2.05, 4.69) is 42.8 Å². The molecule has 0 bridgehead atoms. The Balaban J connectivity index is 1.24. The van der Waals surface area contributed by atoms with Crippen LogP contribution in [0.4, 0.5) is 20.2 Å². The summed E-state index contributed by atoms with van der Waals surface area (Å²) in [6, 6.07) is 7.88. The number of fused-ring (bicyclic) bond motifs is 2. The zero-order chi connectivity index (χ0) is 25.0. The van der Waals surface area contributed by atoms with Gasteiger partial charge in [0, 0.05) is 48.9 Å². The highest BCUT2D eigenvalue weighted by atomic mass is 19.1. The van der Waals surface area contributed by atoms with Crippen molar-refractivity contribution in [3.05, 3.63) is 59.8 Å². The molecule has 2 saturated heterocycles. The lowest BCUT2D eigenvalue weighted by molar-refractivity contribution is 0.0827. The van der Waals surface area contributed by atoms with Gasteiger partial charge in [-0.2, -0.15) is 0 Å². The number of benzene rings is 1. The summed E-state index contributed by atoms with van der Waals surface area (Å²) >= 11 is 0. The monoisotopic (exact) mass is 492 g/mol. The molecular weight excluding hydrogens is 462 g/mol. The molecule has 2 fully saturated rings. The first kappa shape index (κ1) is 23.1. The summed E-state index contributed by atoms with van der Waals surface area (Å²) in [5.74, 6) is 0.264. The third-order valence-electron chi connectivity index (χ3n) is 7.61. The largest absolute Gasteiger partial charge is 0.486 e. The molecule has 3 aliphatic heterocycles. The standard InChI is InChI=1S/C27H30F2N6O/c1-16(2)35-6-7-36-27-21(28)8-17(9-23(27)35)26-22(29)12-31-25(32-26)10-19-4-5-20(11-30-19)34-14-18-13-33(3)24(18)15-34/h4-5,8-9,11-12,16,18,24H,6-7,10,13-15H2,1-3H3. The number of rotatable bonds is 5. The van der Waals surface area contributed by atoms with Gasteiger partial charge >= 0.3 is 0 Å². The van der Waals surface area contributed by atoms with E-state index in [0.29, 0.717) is 42.7 Å². The molecular formula is C27H30F2N6O. The van der Waals surface area contributed by atoms with Crippen LogP contribution in [0.5, 0.6) is 5.75 Å². The van der Waals surface area contributed by atoms with Crippen molar-refractivity contribution in [2.75, 3.05) is 49.6 Å². The van der Waals surface area contributed by atoms with E-state index < -0.39 is 11.6 Å². The molecule has 188 valence electrons. The van der Waals surface area contributed by atoms with Crippen molar-refractivity contribution in [1.82, 2.24) is 19.9 Å². The van der Waals surface area contributed by atoms with Gasteiger partial charge in [0.15, 0.2) is 17.4 Å². The highest BCUT2D eigenvalue weighted by Gasteiger charge is 2.43. The molecule has 0 saturated carbocycles. The number of hydrogen-bond donors (Lipinski definition) is 0. The van der Waals surface area contributed by atoms with E-state index in [1.54, 1.807) is 6.07 Å². The average Bonchev–Trinajstić information content (AvgIpc) is 3.22. The lowest BCUT2D eigenvalue weighted by Gasteiger charge is -2.40. The smallest absolute Gasteiger partial charge is 0.178 e. The first-order valence-electron chi connectivity index (χ1n) is 12.5. The SMILES string of the molecule is CC(C)N1CCOc2c(F)cc(-c3nc(Cc4ccc(N5CC6CN(C)C6C5)cn4)ncc3F)cc21. The van der Waals surface area contributed by atoms with Crippen molar-refractivity contribution in [2.24, 2.45) is 5.92 Å². The molecule has 0 amide bonds. The Kier molecular flexibility index (Phi) is 5.75. The molecule has 2 aromatic heterocycles. The van der Waals surface area contributed by atoms with E-state index in [4.69, 9.17) is 4.74 Å². The summed E-state index contributed by atoms with van der Waals surface area (Å²) in [5.41, 5.74) is 2.96. The minimum atomic E-state index is -0.595. The number of halogens is 2. The zero-order valence-electron chi connectivity index (χ0n) is 20.8. The number of likely N-dealkylation sites (tertiary alicyclic amines) is 1. The second-order valence-electron chi connectivity index (χ2n) is 10.3. The molecule has 0 aliphatic carbocycles. The van der Waals surface area contributed by atoms with Gasteiger partial charge in [0.05, 0.1) is 36.7 Å². The van der Waals surface area contributed by atoms with Gasteiger partial charge in [0.1, 0.15) is 18.1 Å². The van der Waals surface area contributed by atoms with Gasteiger partial charge < -0.3 is 19.4 Å². The number of pyridine rings is 1. The van der Waals surface area contributed by atoms with Gasteiger partial charge in [-0.25, -0.2) is 18.7 Å². The maximum absolute atomic E-state index is 14.9. The van der Waals surface area contributed by atoms with E-state index in [1.807, 2.05) is 26.1 Å². The number of ether oxygens (including phenoxy) is 1. The van der Waals surface area contributed by atoms with E-state index in [-0.39, 0.29) is 17.5 Å². The molecule has 0 N–H and O–H groups in total. The fourth-order valence-corrected chi connectivity index (χ4v) is 5.65. The third-order valence-corrected chi connectivity index (χ3v) is 7.61. The zero-order valence-corrected chi connectivity index (χ0v) is 20.8. The van der Waals surface area contributed by atoms with Gasteiger partial charge in [-0.05, 0) is 45.2 Å². The minimum absolute atomic E-state index is 0.0734. The lowest BCUT2D eigenvalue weighted by atomic mass is 9.93. The maximum Gasteiger partial charge on any atom is 0.178 e. The normalized spacial score (nSPS) is 21.3. The highest BCUT2D eigenvalue weighted by Crippen LogP contribution is 2.39. The minimum Gasteiger partial charge on any atom is -0.486 e. The van der Waals surface area contributed by atoms with Gasteiger partial charge in [0.2, 0.25) is 0 Å². The predicted octanol–water partition coefficient (Wildman–Crippen LogP) is 3.77. The number of nitrogens with zero attached hydrogens (tertiary/aromatic N) is 6. The number of anilines is 2. The number of likely N-dealkylation sites (N-methyl/N-ethyl adjacent to an activating group) is 1. The summed E-state index contributed by atoms with van der Waals surface area (Å²) in [6.07, 6.45) is 3.40. The van der Waals surface area contributed by atoms with Gasteiger partial charge in [-0.3, -0.25) is 4.98 Å². The predicted molar refractivity (Wildman–Crippen MR) is 135 cm³/mol. The fourth-order valence-electron chi connectivity index (χ4n) is 5.65. The lowest BCUT2D eigenvalue weighted by Crippen LogP contribution is -2.52. The summed E-state index contributed by atoms with van der Waals surface area (Å²) in [7, 11) is 2.18. The summed E-state index contributed by atoms with van der Waals surface area (Å²) in [4.78, 5) is 20.1. The van der Waals surface area contributed by atoms with E-state index in [0.717, 1.165) is 43.1 Å². The second kappa shape index (κ2) is 8.96. The molecule has 2 unspecified atom stereocenters. The molecule has 3 aliphatic rings. The van der Waals surface area contributed by atoms with Crippen molar-refractivity contribution < 1.29 is 13.5 Å². The van der Waals surface area contributed by atoms with Crippen molar-refractivity contribution in [2.45, 2.75) is 32.4 Å². The molecule has 9 heteroatoms. The molecule has 6 rings (SSSR count). The van der Waals surface area contributed by atoms with Crippen molar-refractivity contribution in [3.63, 3.8) is 0 Å². The molecule has 2 atom stereocenters. The topological polar surface area (TPSA) is 57.6 Å². The van der Waals surface area contributed by atoms with Crippen molar-refractivity contribution >= 4 is 11.4 Å². The molecule has 1 aromatic carbocycles. The first-order valence-corrected chi connectivity index (χ1v) is 12.5. The van der Waals surface area contributed by atoms with Crippen molar-refractivity contribution in [1.29, 1.82) is 0 Å². The third kappa shape index (κ3) is 4.05. The molecule has 7 nitrogen and oxygen atoms in total. The summed E-state index contributed by atoms with van der Waals surface area (Å²) in [6.45, 7) is 8.38. The van der Waals surface area contributed by atoms with Crippen LogP contribution in [0.2, 0.25) is 0 Å². The van der Waals surface area contributed by atoms with Gasteiger partial charge in [-0.15, -0.1) is 0 Å². The van der Waals surface area contributed by atoms with Crippen LogP contribution in [-0.2, 0) is 6.42 Å². The number of aromatic nitrogens is 3. The van der Waals surface area contributed by atoms with Gasteiger partial charge in [0.25, 0.3) is 0 Å². The molecule has 3 aromatic rings. The molecule has 36 heavy (non-hydrogen) atoms. The van der Waals surface area contributed by atoms with E-state index in [9.17, 15) is 8.78 Å². The Morgan fingerprint density at radius 1 is 1.06 bits per heavy atom. The Morgan fingerprint density at radius 3 is 2.64 bits per heavy atom. The van der Waals surface area contributed by atoms with Crippen LogP contribution in [0.1, 0.15) is 25.4 Å². The van der Waals surface area contributed by atoms with Crippen LogP contribution < -0.4 is 14.5 Å². The molecule has 0 radical (unpaired) electrons. The van der Waals surface area contributed by atoms with Gasteiger partial charge in [-0.1, -0.05) is 0 Å². The second-order valence-corrected chi connectivity index (χ2v) is 10.3. The Bertz CT molecular complexity index is 1280. The Labute approximate surface area is 209 Å². The maximum atomic E-state index is 14.9. The van der Waals surface area contributed by atoms with Crippen LogP contribution in [0, 0.1) is 17.6 Å². The van der Waals surface area contributed by atoms with Crippen LogP contribution >= 0.6 is 0 Å². The molecule has 5 heterocycles. The van der Waals surface area contributed by atoms with E-state index in [1.165, 1.54) is 6.07 Å². The fraction of sp³-hybridized carbons (Fsp3) is 0.444. The Hall–Kier alpha value is -3.33. The van der Waals surface area contributed by atoms with Crippen LogP contribution in [-0.4, -0.2) is 71.8 Å². The summed E-state index contributed by atoms with van der Waals surface area (Å²) in [5, 5.41) is 0. The van der Waals surface area contributed by atoms with Crippen LogP contribution in [0.3, 0.4) is 0 Å². The van der Waals surface area contributed by atoms with Crippen LogP contribution in [0.25, 0.3) is 11.3 Å². The summed E-state index contributed by atoms with van der Waals surface area (Å²) < 4.78 is 35.3. The van der Waals surface area contributed by atoms with Crippen molar-refractivity contribution in [3.8, 4) is 17.0 Å². The Morgan fingerprint density at radius 2 is 1.92 bits per heavy atom. The average molecular weight is 493 g/mol. The molecule has 0 spiro atoms. The van der Waals surface area contributed by atoms with E-state index >= 15 is 0 Å². The van der Waals surface area contributed by atoms with Crippen LogP contribution in [0.15, 0.2) is 36.7 Å². The quantitative estimate of drug-likeness (QED) is 0.538. The number of hydrogen-bond acceptors (Lipinski definition) is 7. The first-order chi connectivity index (χ1) is 17.4. The highest BCUT2D eigenvalue weighted by molar-refractivity contribution is 5.72.